The SMILES string of the molecule is c1ccc(-c2nc(-c3ccc4c(c3)oc3cc(-c5ccc(-n6c7ccccc7c7cc8c9ccccc9n(-c9ccccc9)c8cc76)cc5)ccc34)nc(C3CCCCC3)n2)cc1. The van der Waals surface area contributed by atoms with Crippen LogP contribution in [0.25, 0.3) is 111 Å². The number of furan rings is 1. The van der Waals surface area contributed by atoms with Gasteiger partial charge in [-0.15, -0.1) is 0 Å². The van der Waals surface area contributed by atoms with Crippen molar-refractivity contribution >= 4 is 65.6 Å². The second kappa shape index (κ2) is 14.4. The molecule has 12 aromatic rings. The van der Waals surface area contributed by atoms with Crippen LogP contribution in [0.3, 0.4) is 0 Å². The first-order valence-corrected chi connectivity index (χ1v) is 22.1. The first-order valence-electron chi connectivity index (χ1n) is 22.1. The Morgan fingerprint density at radius 1 is 0.365 bits per heavy atom. The van der Waals surface area contributed by atoms with Crippen LogP contribution in [-0.2, 0) is 0 Å². The molecule has 0 spiro atoms. The van der Waals surface area contributed by atoms with E-state index in [1.165, 1.54) is 62.9 Å². The summed E-state index contributed by atoms with van der Waals surface area (Å²) in [4.78, 5) is 15.1. The van der Waals surface area contributed by atoms with Gasteiger partial charge in [-0.05, 0) is 96.8 Å². The highest BCUT2D eigenvalue weighted by Crippen LogP contribution is 2.41. The topological polar surface area (TPSA) is 61.7 Å². The summed E-state index contributed by atoms with van der Waals surface area (Å²) in [5.41, 5.74) is 12.9. The van der Waals surface area contributed by atoms with Crippen molar-refractivity contribution in [3.8, 4) is 45.3 Å². The zero-order valence-corrected chi connectivity index (χ0v) is 34.6. The molecule has 0 radical (unpaired) electrons. The number of fused-ring (bicyclic) bond motifs is 9. The molecule has 1 aliphatic rings. The Kier molecular flexibility index (Phi) is 8.19. The van der Waals surface area contributed by atoms with Gasteiger partial charge in [-0.2, -0.15) is 0 Å². The van der Waals surface area contributed by atoms with E-state index in [2.05, 4.69) is 173 Å². The van der Waals surface area contributed by atoms with Crippen LogP contribution in [0.2, 0.25) is 0 Å². The molecule has 63 heavy (non-hydrogen) atoms. The van der Waals surface area contributed by atoms with Crippen molar-refractivity contribution in [1.29, 1.82) is 0 Å². The molecule has 1 saturated carbocycles. The number of nitrogens with zero attached hydrogens (tertiary/aromatic N) is 5. The van der Waals surface area contributed by atoms with Crippen LogP contribution >= 0.6 is 0 Å². The van der Waals surface area contributed by atoms with Crippen molar-refractivity contribution in [2.24, 2.45) is 0 Å². The maximum absolute atomic E-state index is 6.64. The summed E-state index contributed by atoms with van der Waals surface area (Å²) in [5.74, 6) is 2.68. The molecule has 13 rings (SSSR count). The van der Waals surface area contributed by atoms with Crippen molar-refractivity contribution < 1.29 is 4.42 Å². The van der Waals surface area contributed by atoms with Gasteiger partial charge in [-0.1, -0.05) is 128 Å². The zero-order valence-electron chi connectivity index (χ0n) is 34.6. The number of rotatable bonds is 6. The molecule has 0 unspecified atom stereocenters. The molecular formula is C57H41N5O. The lowest BCUT2D eigenvalue weighted by Crippen LogP contribution is -2.11. The normalized spacial score (nSPS) is 13.7. The Hall–Kier alpha value is -7.83. The van der Waals surface area contributed by atoms with Crippen molar-refractivity contribution in [3.63, 3.8) is 0 Å². The maximum Gasteiger partial charge on any atom is 0.163 e. The third-order valence-corrected chi connectivity index (χ3v) is 13.3. The van der Waals surface area contributed by atoms with E-state index in [4.69, 9.17) is 19.4 Å². The van der Waals surface area contributed by atoms with Gasteiger partial charge in [-0.25, -0.2) is 15.0 Å². The molecule has 8 aromatic carbocycles. The first kappa shape index (κ1) is 35.9. The maximum atomic E-state index is 6.64. The van der Waals surface area contributed by atoms with E-state index in [0.717, 1.165) is 80.1 Å². The lowest BCUT2D eigenvalue weighted by molar-refractivity contribution is 0.428. The molecule has 6 nitrogen and oxygen atoms in total. The summed E-state index contributed by atoms with van der Waals surface area (Å²) in [6.45, 7) is 0. The van der Waals surface area contributed by atoms with Gasteiger partial charge >= 0.3 is 0 Å². The third kappa shape index (κ3) is 5.89. The number of hydrogen-bond acceptors (Lipinski definition) is 4. The van der Waals surface area contributed by atoms with E-state index in [-0.39, 0.29) is 0 Å². The van der Waals surface area contributed by atoms with Gasteiger partial charge in [0.15, 0.2) is 11.6 Å². The van der Waals surface area contributed by atoms with Gasteiger partial charge in [0, 0.05) is 60.7 Å². The fourth-order valence-corrected chi connectivity index (χ4v) is 10.2. The molecule has 0 saturated heterocycles. The minimum atomic E-state index is 0.359. The quantitative estimate of drug-likeness (QED) is 0.168. The number of aromatic nitrogens is 5. The molecule has 6 heteroatoms. The summed E-state index contributed by atoms with van der Waals surface area (Å²) in [5, 5.41) is 7.16. The van der Waals surface area contributed by atoms with E-state index in [1.54, 1.807) is 0 Å². The molecule has 300 valence electrons. The van der Waals surface area contributed by atoms with Crippen LogP contribution in [0.5, 0.6) is 0 Å². The van der Waals surface area contributed by atoms with Gasteiger partial charge < -0.3 is 13.6 Å². The van der Waals surface area contributed by atoms with E-state index in [1.807, 2.05) is 18.2 Å². The minimum absolute atomic E-state index is 0.359. The fourth-order valence-electron chi connectivity index (χ4n) is 10.2. The molecular weight excluding hydrogens is 771 g/mol. The Balaban J connectivity index is 0.882. The van der Waals surface area contributed by atoms with Gasteiger partial charge in [0.1, 0.15) is 17.0 Å². The number of hydrogen-bond donors (Lipinski definition) is 0. The number of para-hydroxylation sites is 3. The molecule has 4 heterocycles. The predicted octanol–water partition coefficient (Wildman–Crippen LogP) is 15.0. The summed E-state index contributed by atoms with van der Waals surface area (Å²) in [6.07, 6.45) is 5.96. The van der Waals surface area contributed by atoms with Crippen LogP contribution in [0, 0.1) is 0 Å². The van der Waals surface area contributed by atoms with Crippen molar-refractivity contribution in [2.45, 2.75) is 38.0 Å². The number of benzene rings is 8. The summed E-state index contributed by atoms with van der Waals surface area (Å²) in [7, 11) is 0. The van der Waals surface area contributed by atoms with Crippen LogP contribution in [-0.4, -0.2) is 24.1 Å². The minimum Gasteiger partial charge on any atom is -0.456 e. The zero-order chi connectivity index (χ0) is 41.4. The largest absolute Gasteiger partial charge is 0.456 e. The second-order valence-electron chi connectivity index (χ2n) is 17.0. The van der Waals surface area contributed by atoms with Gasteiger partial charge in [0.05, 0.1) is 22.1 Å². The molecule has 4 aromatic heterocycles. The van der Waals surface area contributed by atoms with Crippen LogP contribution in [0.4, 0.5) is 0 Å². The van der Waals surface area contributed by atoms with Gasteiger partial charge in [0.25, 0.3) is 0 Å². The monoisotopic (exact) mass is 811 g/mol. The van der Waals surface area contributed by atoms with Crippen molar-refractivity contribution in [3.05, 3.63) is 188 Å². The predicted molar refractivity (Wildman–Crippen MR) is 258 cm³/mol. The highest BCUT2D eigenvalue weighted by molar-refractivity contribution is 6.19. The first-order chi connectivity index (χ1) is 31.2. The van der Waals surface area contributed by atoms with Crippen LogP contribution < -0.4 is 0 Å². The Labute approximate surface area is 363 Å². The Morgan fingerprint density at radius 2 is 0.889 bits per heavy atom. The standard InChI is InChI=1S/C57H41N5O/c1-4-14-37(15-5-1)55-58-56(38-16-6-2-7-17-38)60-57(59-55)40-27-31-46-45-30-26-39(32-53(45)63-54(46)33-40)36-24-28-42(29-25-36)62-50-23-13-11-21-44(50)48-34-47-43-20-10-12-22-49(43)61(51(47)35-52(48)62)41-18-8-3-9-19-41/h1,3-5,8-15,18-35,38H,2,6-7,16-17H2. The second-order valence-corrected chi connectivity index (χ2v) is 17.0. The van der Waals surface area contributed by atoms with E-state index in [0.29, 0.717) is 11.7 Å². The van der Waals surface area contributed by atoms with Gasteiger partial charge in [0.2, 0.25) is 0 Å². The van der Waals surface area contributed by atoms with Crippen molar-refractivity contribution in [1.82, 2.24) is 24.1 Å². The Morgan fingerprint density at radius 3 is 1.54 bits per heavy atom. The third-order valence-electron chi connectivity index (χ3n) is 13.3. The highest BCUT2D eigenvalue weighted by atomic mass is 16.3. The molecule has 0 amide bonds. The summed E-state index contributed by atoms with van der Waals surface area (Å²) in [6, 6.07) is 65.1. The molecule has 0 bridgehead atoms. The average molecular weight is 812 g/mol. The fraction of sp³-hybridized carbons (Fsp3) is 0.105. The average Bonchev–Trinajstić information content (AvgIpc) is 4.00. The van der Waals surface area contributed by atoms with Gasteiger partial charge in [-0.3, -0.25) is 0 Å². The molecule has 1 fully saturated rings. The highest BCUT2D eigenvalue weighted by Gasteiger charge is 2.22. The smallest absolute Gasteiger partial charge is 0.163 e. The molecule has 0 N–H and O–H groups in total. The molecule has 0 aliphatic heterocycles. The molecule has 0 atom stereocenters. The van der Waals surface area contributed by atoms with Crippen LogP contribution in [0.15, 0.2) is 186 Å². The summed E-state index contributed by atoms with van der Waals surface area (Å²) < 4.78 is 11.4. The lowest BCUT2D eigenvalue weighted by Gasteiger charge is -2.21. The lowest BCUT2D eigenvalue weighted by atomic mass is 9.88. The molecule has 1 aliphatic carbocycles. The summed E-state index contributed by atoms with van der Waals surface area (Å²) >= 11 is 0. The van der Waals surface area contributed by atoms with Crippen molar-refractivity contribution in [2.75, 3.05) is 0 Å². The van der Waals surface area contributed by atoms with E-state index < -0.39 is 0 Å². The van der Waals surface area contributed by atoms with E-state index >= 15 is 0 Å². The van der Waals surface area contributed by atoms with E-state index in [9.17, 15) is 0 Å². The van der Waals surface area contributed by atoms with Crippen LogP contribution in [0.1, 0.15) is 43.8 Å². The Bertz CT molecular complexity index is 3710.